The molecule has 1 aromatic carbocycles. The maximum atomic E-state index is 13.6. The number of likely N-dealkylation sites (tertiary alicyclic amines) is 1. The molecule has 2 N–H and O–H groups in total. The first-order valence-corrected chi connectivity index (χ1v) is 6.92. The Kier molecular flexibility index (Phi) is 4.37. The molecule has 1 heterocycles. The molecule has 0 spiro atoms. The van der Waals surface area contributed by atoms with Gasteiger partial charge in [0.15, 0.2) is 0 Å². The molecule has 2 rings (SSSR count). The monoisotopic (exact) mass is 296 g/mol. The van der Waals surface area contributed by atoms with E-state index in [1.165, 1.54) is 6.07 Å². The predicted octanol–water partition coefficient (Wildman–Crippen LogP) is 2.28. The molecule has 1 aromatic rings. The van der Waals surface area contributed by atoms with Crippen LogP contribution in [0, 0.1) is 5.82 Å². The molecule has 0 atom stereocenters. The molecule has 1 amide bonds. The van der Waals surface area contributed by atoms with Crippen LogP contribution in [0.4, 0.5) is 9.18 Å². The van der Waals surface area contributed by atoms with Crippen LogP contribution < -0.4 is 10.5 Å². The van der Waals surface area contributed by atoms with Crippen molar-refractivity contribution >= 4 is 6.09 Å². The first kappa shape index (κ1) is 15.6. The first-order valence-electron chi connectivity index (χ1n) is 6.92. The van der Waals surface area contributed by atoms with Gasteiger partial charge in [-0.15, -0.1) is 0 Å². The molecule has 0 saturated carbocycles. The van der Waals surface area contributed by atoms with Gasteiger partial charge < -0.3 is 20.1 Å². The molecule has 116 valence electrons. The highest BCUT2D eigenvalue weighted by Gasteiger charge is 2.35. The number of amides is 1. The van der Waals surface area contributed by atoms with E-state index >= 15 is 0 Å². The second-order valence-corrected chi connectivity index (χ2v) is 6.05. The van der Waals surface area contributed by atoms with Gasteiger partial charge in [0.25, 0.3) is 0 Å². The van der Waals surface area contributed by atoms with Crippen molar-refractivity contribution in [2.75, 3.05) is 13.1 Å². The van der Waals surface area contributed by atoms with Crippen molar-refractivity contribution < 1.29 is 18.7 Å². The SMILES string of the molecule is CC(C)(C)OC(=O)N1CC(Oc2cccc(F)c2CN)C1. The fourth-order valence-electron chi connectivity index (χ4n) is 2.02. The van der Waals surface area contributed by atoms with Gasteiger partial charge in [-0.05, 0) is 32.9 Å². The Morgan fingerprint density at radius 3 is 2.67 bits per heavy atom. The fraction of sp³-hybridized carbons (Fsp3) is 0.533. The quantitative estimate of drug-likeness (QED) is 0.929. The van der Waals surface area contributed by atoms with Crippen LogP contribution in [0.5, 0.6) is 5.75 Å². The molecular formula is C15H21FN2O3. The zero-order chi connectivity index (χ0) is 15.6. The van der Waals surface area contributed by atoms with Crippen LogP contribution in [0.1, 0.15) is 26.3 Å². The first-order chi connectivity index (χ1) is 9.80. The third-order valence-electron chi connectivity index (χ3n) is 3.07. The van der Waals surface area contributed by atoms with Crippen molar-refractivity contribution in [3.63, 3.8) is 0 Å². The summed E-state index contributed by atoms with van der Waals surface area (Å²) in [5, 5.41) is 0. The number of hydrogen-bond donors (Lipinski definition) is 1. The van der Waals surface area contributed by atoms with Gasteiger partial charge in [0.05, 0.1) is 13.1 Å². The largest absolute Gasteiger partial charge is 0.486 e. The Bertz CT molecular complexity index is 522. The van der Waals surface area contributed by atoms with Crippen LogP contribution in [0.25, 0.3) is 0 Å². The summed E-state index contributed by atoms with van der Waals surface area (Å²) in [4.78, 5) is 13.3. The van der Waals surface area contributed by atoms with Crippen molar-refractivity contribution in [3.05, 3.63) is 29.6 Å². The summed E-state index contributed by atoms with van der Waals surface area (Å²) >= 11 is 0. The van der Waals surface area contributed by atoms with Gasteiger partial charge in [0.1, 0.15) is 23.3 Å². The van der Waals surface area contributed by atoms with Gasteiger partial charge in [0, 0.05) is 12.1 Å². The van der Waals surface area contributed by atoms with Crippen LogP contribution in [0.2, 0.25) is 0 Å². The number of rotatable bonds is 3. The van der Waals surface area contributed by atoms with Crippen molar-refractivity contribution in [1.29, 1.82) is 0 Å². The number of halogens is 1. The molecule has 0 bridgehead atoms. The zero-order valence-electron chi connectivity index (χ0n) is 12.6. The summed E-state index contributed by atoms with van der Waals surface area (Å²) < 4.78 is 24.5. The molecule has 0 unspecified atom stereocenters. The van der Waals surface area contributed by atoms with E-state index in [-0.39, 0.29) is 24.6 Å². The van der Waals surface area contributed by atoms with E-state index in [0.29, 0.717) is 24.4 Å². The van der Waals surface area contributed by atoms with Crippen LogP contribution in [-0.2, 0) is 11.3 Å². The molecule has 1 fully saturated rings. The lowest BCUT2D eigenvalue weighted by molar-refractivity contribution is -0.0224. The Morgan fingerprint density at radius 1 is 1.43 bits per heavy atom. The van der Waals surface area contributed by atoms with E-state index in [0.717, 1.165) is 0 Å². The molecule has 0 aliphatic carbocycles. The van der Waals surface area contributed by atoms with Crippen LogP contribution >= 0.6 is 0 Å². The highest BCUT2D eigenvalue weighted by Crippen LogP contribution is 2.25. The molecule has 0 aromatic heterocycles. The van der Waals surface area contributed by atoms with Crippen molar-refractivity contribution in [2.45, 2.75) is 39.0 Å². The molecule has 1 aliphatic heterocycles. The molecule has 21 heavy (non-hydrogen) atoms. The standard InChI is InChI=1S/C15H21FN2O3/c1-15(2,3)21-14(19)18-8-10(9-18)20-13-6-4-5-12(16)11(13)7-17/h4-6,10H,7-9,17H2,1-3H3. The summed E-state index contributed by atoms with van der Waals surface area (Å²) in [5.41, 5.74) is 5.37. The minimum Gasteiger partial charge on any atom is -0.486 e. The molecule has 6 heteroatoms. The maximum absolute atomic E-state index is 13.6. The highest BCUT2D eigenvalue weighted by atomic mass is 19.1. The normalized spacial score (nSPS) is 15.6. The summed E-state index contributed by atoms with van der Waals surface area (Å²) in [6.07, 6.45) is -0.523. The van der Waals surface area contributed by atoms with Crippen molar-refractivity contribution in [3.8, 4) is 5.75 Å². The number of carbonyl (C=O) groups is 1. The van der Waals surface area contributed by atoms with Gasteiger partial charge in [-0.1, -0.05) is 6.07 Å². The fourth-order valence-corrected chi connectivity index (χ4v) is 2.02. The predicted molar refractivity (Wildman–Crippen MR) is 76.5 cm³/mol. The lowest BCUT2D eigenvalue weighted by Crippen LogP contribution is -2.57. The van der Waals surface area contributed by atoms with E-state index in [9.17, 15) is 9.18 Å². The van der Waals surface area contributed by atoms with Crippen LogP contribution in [0.15, 0.2) is 18.2 Å². The molecule has 0 radical (unpaired) electrons. The third-order valence-corrected chi connectivity index (χ3v) is 3.07. The van der Waals surface area contributed by atoms with E-state index < -0.39 is 5.60 Å². The van der Waals surface area contributed by atoms with Crippen LogP contribution in [0.3, 0.4) is 0 Å². The van der Waals surface area contributed by atoms with Gasteiger partial charge in [-0.2, -0.15) is 0 Å². The number of carbonyl (C=O) groups excluding carboxylic acids is 1. The summed E-state index contributed by atoms with van der Waals surface area (Å²) in [6, 6.07) is 4.61. The Balaban J connectivity index is 1.89. The average molecular weight is 296 g/mol. The zero-order valence-corrected chi connectivity index (χ0v) is 12.6. The second kappa shape index (κ2) is 5.89. The molecular weight excluding hydrogens is 275 g/mol. The lowest BCUT2D eigenvalue weighted by atomic mass is 10.1. The van der Waals surface area contributed by atoms with Gasteiger partial charge >= 0.3 is 6.09 Å². The molecule has 1 saturated heterocycles. The summed E-state index contributed by atoms with van der Waals surface area (Å²) in [6.45, 7) is 6.38. The van der Waals surface area contributed by atoms with E-state index in [4.69, 9.17) is 15.2 Å². The van der Waals surface area contributed by atoms with E-state index in [1.807, 2.05) is 20.8 Å². The summed E-state index contributed by atoms with van der Waals surface area (Å²) in [5.74, 6) is 0.0599. The number of hydrogen-bond acceptors (Lipinski definition) is 4. The van der Waals surface area contributed by atoms with Crippen molar-refractivity contribution in [1.82, 2.24) is 4.90 Å². The third kappa shape index (κ3) is 3.85. The maximum Gasteiger partial charge on any atom is 0.410 e. The number of nitrogens with two attached hydrogens (primary N) is 1. The molecule has 1 aliphatic rings. The topological polar surface area (TPSA) is 64.8 Å². The lowest BCUT2D eigenvalue weighted by Gasteiger charge is -2.39. The van der Waals surface area contributed by atoms with Gasteiger partial charge in [-0.3, -0.25) is 0 Å². The minimum absolute atomic E-state index is 0.0739. The van der Waals surface area contributed by atoms with E-state index in [2.05, 4.69) is 0 Å². The number of benzene rings is 1. The van der Waals surface area contributed by atoms with Crippen molar-refractivity contribution in [2.24, 2.45) is 5.73 Å². The number of ether oxygens (including phenoxy) is 2. The minimum atomic E-state index is -0.516. The smallest absolute Gasteiger partial charge is 0.410 e. The Morgan fingerprint density at radius 2 is 2.10 bits per heavy atom. The average Bonchev–Trinajstić information content (AvgIpc) is 2.30. The van der Waals surface area contributed by atoms with Gasteiger partial charge in [-0.25, -0.2) is 9.18 Å². The van der Waals surface area contributed by atoms with E-state index in [1.54, 1.807) is 17.0 Å². The Hall–Kier alpha value is -1.82. The Labute approximate surface area is 123 Å². The van der Waals surface area contributed by atoms with Crippen LogP contribution in [-0.4, -0.2) is 35.8 Å². The second-order valence-electron chi connectivity index (χ2n) is 6.05. The summed E-state index contributed by atoms with van der Waals surface area (Å²) in [7, 11) is 0. The van der Waals surface area contributed by atoms with Gasteiger partial charge in [0.2, 0.25) is 0 Å². The number of nitrogens with zero attached hydrogens (tertiary/aromatic N) is 1. The molecule has 5 nitrogen and oxygen atoms in total. The highest BCUT2D eigenvalue weighted by molar-refractivity contribution is 5.69.